The second-order valence-electron chi connectivity index (χ2n) is 4.58. The summed E-state index contributed by atoms with van der Waals surface area (Å²) in [4.78, 5) is 26.4. The number of thiocarbonyl (C=S) groups is 1. The lowest BCUT2D eigenvalue weighted by molar-refractivity contribution is -0.122. The summed E-state index contributed by atoms with van der Waals surface area (Å²) in [6.07, 6.45) is 0. The first kappa shape index (κ1) is 13.3. The first-order chi connectivity index (χ1) is 9.43. The molecule has 0 aromatic heterocycles. The molecule has 0 saturated carbocycles. The number of thioether (sulfide) groups is 1. The molecule has 5 nitrogen and oxygen atoms in total. The van der Waals surface area contributed by atoms with Crippen molar-refractivity contribution in [3.8, 4) is 0 Å². The van der Waals surface area contributed by atoms with Crippen LogP contribution in [-0.4, -0.2) is 28.2 Å². The number of hydrogen-bond donors (Lipinski definition) is 1. The summed E-state index contributed by atoms with van der Waals surface area (Å²) in [7, 11) is 1.70. The number of carbonyl (C=O) groups excluding carboxylic acids is 2. The van der Waals surface area contributed by atoms with E-state index in [1.807, 2.05) is 25.1 Å². The van der Waals surface area contributed by atoms with Gasteiger partial charge in [0.1, 0.15) is 0 Å². The van der Waals surface area contributed by atoms with Crippen LogP contribution < -0.4 is 10.7 Å². The molecule has 0 spiro atoms. The second-order valence-corrected chi connectivity index (χ2v) is 6.23. The van der Waals surface area contributed by atoms with E-state index in [-0.39, 0.29) is 10.2 Å². The van der Waals surface area contributed by atoms with Crippen molar-refractivity contribution in [2.24, 2.45) is 5.84 Å². The van der Waals surface area contributed by atoms with Crippen LogP contribution >= 0.6 is 24.0 Å². The number of fused-ring (bicyclic) bond motifs is 1. The molecule has 3 rings (SSSR count). The summed E-state index contributed by atoms with van der Waals surface area (Å²) < 4.78 is 0.258. The fourth-order valence-corrected chi connectivity index (χ4v) is 3.61. The molecule has 20 heavy (non-hydrogen) atoms. The Hall–Kier alpha value is -1.70. The lowest BCUT2D eigenvalue weighted by Gasteiger charge is -2.11. The topological polar surface area (TPSA) is 66.6 Å². The standard InChI is InChI=1S/C13H11N3O2S2/c1-6-4-3-5-7-8(11(17)15(2)9(6)7)10-12(18)16(14)13(19)20-10/h3-5H,14H2,1-2H3/b10-8+. The van der Waals surface area contributed by atoms with Crippen molar-refractivity contribution in [3.05, 3.63) is 34.2 Å². The molecule has 1 fully saturated rings. The molecule has 0 bridgehead atoms. The van der Waals surface area contributed by atoms with Gasteiger partial charge in [-0.3, -0.25) is 9.59 Å². The van der Waals surface area contributed by atoms with Gasteiger partial charge in [-0.05, 0) is 12.5 Å². The molecule has 2 aliphatic heterocycles. The van der Waals surface area contributed by atoms with E-state index in [0.717, 1.165) is 33.6 Å². The van der Waals surface area contributed by atoms with Gasteiger partial charge in [0.15, 0.2) is 4.32 Å². The Balaban J connectivity index is 2.28. The van der Waals surface area contributed by atoms with Gasteiger partial charge in [-0.1, -0.05) is 42.2 Å². The van der Waals surface area contributed by atoms with Gasteiger partial charge in [-0.25, -0.2) is 10.9 Å². The van der Waals surface area contributed by atoms with Crippen molar-refractivity contribution in [2.45, 2.75) is 6.92 Å². The van der Waals surface area contributed by atoms with Crippen LogP contribution in [0.4, 0.5) is 5.69 Å². The van der Waals surface area contributed by atoms with Crippen molar-refractivity contribution in [2.75, 3.05) is 11.9 Å². The van der Waals surface area contributed by atoms with E-state index in [4.69, 9.17) is 18.1 Å². The Kier molecular flexibility index (Phi) is 2.93. The van der Waals surface area contributed by atoms with Crippen molar-refractivity contribution < 1.29 is 9.59 Å². The van der Waals surface area contributed by atoms with Gasteiger partial charge in [0, 0.05) is 12.6 Å². The molecule has 1 saturated heterocycles. The molecule has 0 unspecified atom stereocenters. The van der Waals surface area contributed by atoms with E-state index < -0.39 is 5.91 Å². The Labute approximate surface area is 125 Å². The maximum Gasteiger partial charge on any atom is 0.281 e. The summed E-state index contributed by atoms with van der Waals surface area (Å²) in [6.45, 7) is 1.93. The summed E-state index contributed by atoms with van der Waals surface area (Å²) >= 11 is 6.08. The van der Waals surface area contributed by atoms with Gasteiger partial charge in [-0.2, -0.15) is 0 Å². The van der Waals surface area contributed by atoms with Gasteiger partial charge in [-0.15, -0.1) is 0 Å². The third-order valence-corrected chi connectivity index (χ3v) is 4.79. The molecule has 7 heteroatoms. The van der Waals surface area contributed by atoms with Crippen molar-refractivity contribution >= 4 is 51.4 Å². The first-order valence-electron chi connectivity index (χ1n) is 5.86. The van der Waals surface area contributed by atoms with E-state index in [1.165, 1.54) is 0 Å². The van der Waals surface area contributed by atoms with E-state index in [0.29, 0.717) is 10.5 Å². The van der Waals surface area contributed by atoms with Gasteiger partial charge < -0.3 is 4.90 Å². The van der Waals surface area contributed by atoms with Crippen LogP contribution in [0.3, 0.4) is 0 Å². The quantitative estimate of drug-likeness (QED) is 0.340. The largest absolute Gasteiger partial charge is 0.310 e. The number of para-hydroxylation sites is 1. The molecule has 2 aliphatic rings. The number of nitrogens with zero attached hydrogens (tertiary/aromatic N) is 2. The molecule has 2 amide bonds. The lowest BCUT2D eigenvalue weighted by atomic mass is 10.0. The highest BCUT2D eigenvalue weighted by atomic mass is 32.2. The molecular weight excluding hydrogens is 294 g/mol. The van der Waals surface area contributed by atoms with Crippen LogP contribution in [0.5, 0.6) is 0 Å². The predicted octanol–water partition coefficient (Wildman–Crippen LogP) is 1.42. The minimum atomic E-state index is -0.425. The SMILES string of the molecule is Cc1cccc2c1N(C)C(=O)/C2=C1/SC(=S)N(N)C1=O. The fourth-order valence-electron chi connectivity index (χ4n) is 2.44. The van der Waals surface area contributed by atoms with Crippen molar-refractivity contribution in [1.29, 1.82) is 0 Å². The third kappa shape index (κ3) is 1.64. The Morgan fingerprint density at radius 1 is 1.25 bits per heavy atom. The summed E-state index contributed by atoms with van der Waals surface area (Å²) in [5.41, 5.74) is 2.95. The van der Waals surface area contributed by atoms with Crippen molar-refractivity contribution in [3.63, 3.8) is 0 Å². The normalized spacial score (nSPS) is 22.1. The van der Waals surface area contributed by atoms with Gasteiger partial charge in [0.2, 0.25) is 0 Å². The van der Waals surface area contributed by atoms with E-state index >= 15 is 0 Å². The van der Waals surface area contributed by atoms with E-state index in [9.17, 15) is 9.59 Å². The first-order valence-corrected chi connectivity index (χ1v) is 7.09. The number of hydrogen-bond acceptors (Lipinski definition) is 5. The number of nitrogens with two attached hydrogens (primary N) is 1. The molecule has 1 aromatic rings. The lowest BCUT2D eigenvalue weighted by Crippen LogP contribution is -2.35. The van der Waals surface area contributed by atoms with Crippen LogP contribution in [-0.2, 0) is 9.59 Å². The third-order valence-electron chi connectivity index (χ3n) is 3.39. The maximum atomic E-state index is 12.5. The van der Waals surface area contributed by atoms with Gasteiger partial charge >= 0.3 is 0 Å². The van der Waals surface area contributed by atoms with Crippen LogP contribution in [0.15, 0.2) is 23.1 Å². The Bertz CT molecular complexity index is 712. The number of rotatable bonds is 0. The minimum Gasteiger partial charge on any atom is -0.310 e. The van der Waals surface area contributed by atoms with Gasteiger partial charge in [0.05, 0.1) is 16.2 Å². The molecule has 2 heterocycles. The zero-order valence-corrected chi connectivity index (χ0v) is 12.5. The highest BCUT2D eigenvalue weighted by molar-refractivity contribution is 8.26. The molecule has 1 aromatic carbocycles. The number of hydrazine groups is 1. The van der Waals surface area contributed by atoms with Gasteiger partial charge in [0.25, 0.3) is 11.8 Å². The summed E-state index contributed by atoms with van der Waals surface area (Å²) in [6, 6.07) is 5.63. The molecule has 0 radical (unpaired) electrons. The molecular formula is C13H11N3O2S2. The molecule has 102 valence electrons. The van der Waals surface area contributed by atoms with Crippen molar-refractivity contribution in [1.82, 2.24) is 5.01 Å². The second kappa shape index (κ2) is 4.41. The average Bonchev–Trinajstić information content (AvgIpc) is 2.81. The minimum absolute atomic E-state index is 0.205. The number of anilines is 1. The smallest absolute Gasteiger partial charge is 0.281 e. The van der Waals surface area contributed by atoms with Crippen LogP contribution in [0.1, 0.15) is 11.1 Å². The van der Waals surface area contributed by atoms with Crippen LogP contribution in [0, 0.1) is 6.92 Å². The molecule has 2 N–H and O–H groups in total. The number of benzene rings is 1. The fraction of sp³-hybridized carbons (Fsp3) is 0.154. The summed E-state index contributed by atoms with van der Waals surface area (Å²) in [5, 5.41) is 0.906. The predicted molar refractivity (Wildman–Crippen MR) is 82.7 cm³/mol. The van der Waals surface area contributed by atoms with E-state index in [2.05, 4.69) is 0 Å². The summed E-state index contributed by atoms with van der Waals surface area (Å²) in [5.74, 6) is 4.94. The maximum absolute atomic E-state index is 12.5. The number of carbonyl (C=O) groups is 2. The van der Waals surface area contributed by atoms with E-state index in [1.54, 1.807) is 11.9 Å². The van der Waals surface area contributed by atoms with Crippen LogP contribution in [0.25, 0.3) is 5.57 Å². The highest BCUT2D eigenvalue weighted by Crippen LogP contribution is 2.44. The zero-order valence-electron chi connectivity index (χ0n) is 10.8. The zero-order chi connectivity index (χ0) is 14.6. The van der Waals surface area contributed by atoms with Crippen LogP contribution in [0.2, 0.25) is 0 Å². The number of likely N-dealkylation sites (N-methyl/N-ethyl adjacent to an activating group) is 1. The number of aryl methyl sites for hydroxylation is 1. The molecule has 0 aliphatic carbocycles. The average molecular weight is 305 g/mol. The monoisotopic (exact) mass is 305 g/mol. The Morgan fingerprint density at radius 3 is 2.55 bits per heavy atom. The highest BCUT2D eigenvalue weighted by Gasteiger charge is 2.40. The molecule has 0 atom stereocenters. The number of amides is 2. The Morgan fingerprint density at radius 2 is 1.95 bits per heavy atom.